The minimum Gasteiger partial charge on any atom is -0.342 e. The summed E-state index contributed by atoms with van der Waals surface area (Å²) in [5.41, 5.74) is 5.63. The molecule has 1 heterocycles. The molecule has 0 bridgehead atoms. The maximum atomic E-state index is 11.4. The zero-order valence-corrected chi connectivity index (χ0v) is 9.19. The van der Waals surface area contributed by atoms with Gasteiger partial charge in [-0.2, -0.15) is 11.8 Å². The van der Waals surface area contributed by atoms with E-state index in [0.717, 1.165) is 18.8 Å². The molecule has 0 saturated carbocycles. The van der Waals surface area contributed by atoms with Crippen molar-refractivity contribution < 1.29 is 4.79 Å². The average molecular weight is 202 g/mol. The fraction of sp³-hybridized carbons (Fsp3) is 0.889. The Bertz CT molecular complexity index is 185. The molecule has 0 aromatic rings. The Kier molecular flexibility index (Phi) is 3.62. The number of thioether (sulfide) groups is 1. The number of nitrogens with two attached hydrogens (primary N) is 1. The zero-order valence-electron chi connectivity index (χ0n) is 8.38. The van der Waals surface area contributed by atoms with E-state index < -0.39 is 0 Å². The first-order chi connectivity index (χ1) is 5.99. The third kappa shape index (κ3) is 4.00. The van der Waals surface area contributed by atoms with E-state index in [2.05, 4.69) is 0 Å². The first kappa shape index (κ1) is 10.9. The smallest absolute Gasteiger partial charge is 0.232 e. The molecule has 0 aromatic heterocycles. The van der Waals surface area contributed by atoms with Gasteiger partial charge in [0.1, 0.15) is 0 Å². The average Bonchev–Trinajstić information content (AvgIpc) is 1.79. The van der Waals surface area contributed by atoms with E-state index in [0.29, 0.717) is 5.75 Å². The summed E-state index contributed by atoms with van der Waals surface area (Å²) in [5, 5.41) is 0. The van der Waals surface area contributed by atoms with Gasteiger partial charge >= 0.3 is 0 Å². The van der Waals surface area contributed by atoms with Crippen molar-refractivity contribution in [2.45, 2.75) is 25.8 Å². The van der Waals surface area contributed by atoms with Gasteiger partial charge in [0.2, 0.25) is 5.91 Å². The lowest BCUT2D eigenvalue weighted by Crippen LogP contribution is -2.43. The molecule has 76 valence electrons. The summed E-state index contributed by atoms with van der Waals surface area (Å²) in [6, 6.07) is 0. The van der Waals surface area contributed by atoms with E-state index in [1.54, 1.807) is 11.8 Å². The SMILES string of the molecule is CC(C)(N)CSCC(=O)N1CCC1. The molecule has 0 aliphatic carbocycles. The van der Waals surface area contributed by atoms with Gasteiger partial charge in [-0.1, -0.05) is 0 Å². The van der Waals surface area contributed by atoms with Crippen LogP contribution in [0.25, 0.3) is 0 Å². The predicted molar refractivity (Wildman–Crippen MR) is 56.8 cm³/mol. The molecule has 0 aromatic carbocycles. The van der Waals surface area contributed by atoms with Crippen LogP contribution in [0, 0.1) is 0 Å². The third-order valence-electron chi connectivity index (χ3n) is 1.91. The molecular formula is C9H18N2OS. The molecular weight excluding hydrogens is 184 g/mol. The van der Waals surface area contributed by atoms with E-state index in [4.69, 9.17) is 5.73 Å². The lowest BCUT2D eigenvalue weighted by molar-refractivity contribution is -0.131. The van der Waals surface area contributed by atoms with Crippen molar-refractivity contribution in [3.8, 4) is 0 Å². The minimum atomic E-state index is -0.167. The Balaban J connectivity index is 2.08. The first-order valence-corrected chi connectivity index (χ1v) is 5.79. The second-order valence-corrected chi connectivity index (χ2v) is 5.20. The Hall–Kier alpha value is -0.220. The minimum absolute atomic E-state index is 0.167. The van der Waals surface area contributed by atoms with Crippen LogP contribution in [-0.2, 0) is 4.79 Å². The Morgan fingerprint density at radius 1 is 1.54 bits per heavy atom. The highest BCUT2D eigenvalue weighted by molar-refractivity contribution is 8.00. The highest BCUT2D eigenvalue weighted by Crippen LogP contribution is 2.13. The Labute approximate surface area is 84.0 Å². The van der Waals surface area contributed by atoms with E-state index in [-0.39, 0.29) is 11.4 Å². The van der Waals surface area contributed by atoms with Crippen molar-refractivity contribution in [3.63, 3.8) is 0 Å². The third-order valence-corrected chi connectivity index (χ3v) is 3.31. The van der Waals surface area contributed by atoms with Crippen LogP contribution >= 0.6 is 11.8 Å². The van der Waals surface area contributed by atoms with Crippen LogP contribution in [0.15, 0.2) is 0 Å². The molecule has 0 unspecified atom stereocenters. The molecule has 4 heteroatoms. The van der Waals surface area contributed by atoms with Gasteiger partial charge in [0.15, 0.2) is 0 Å². The van der Waals surface area contributed by atoms with E-state index in [1.165, 1.54) is 6.42 Å². The van der Waals surface area contributed by atoms with Gasteiger partial charge in [-0.25, -0.2) is 0 Å². The van der Waals surface area contributed by atoms with Gasteiger partial charge in [-0.3, -0.25) is 4.79 Å². The van der Waals surface area contributed by atoms with Gasteiger partial charge in [0.05, 0.1) is 5.75 Å². The second-order valence-electron chi connectivity index (χ2n) is 4.22. The fourth-order valence-electron chi connectivity index (χ4n) is 1.06. The topological polar surface area (TPSA) is 46.3 Å². The quantitative estimate of drug-likeness (QED) is 0.729. The van der Waals surface area contributed by atoms with Crippen LogP contribution < -0.4 is 5.73 Å². The number of nitrogens with zero attached hydrogens (tertiary/aromatic N) is 1. The second kappa shape index (κ2) is 4.33. The lowest BCUT2D eigenvalue weighted by Gasteiger charge is -2.31. The predicted octanol–water partition coefficient (Wildman–Crippen LogP) is 0.689. The van der Waals surface area contributed by atoms with Gasteiger partial charge in [-0.15, -0.1) is 0 Å². The molecule has 2 N–H and O–H groups in total. The van der Waals surface area contributed by atoms with Gasteiger partial charge in [0.25, 0.3) is 0 Å². The van der Waals surface area contributed by atoms with Crippen molar-refractivity contribution in [1.29, 1.82) is 0 Å². The highest BCUT2D eigenvalue weighted by atomic mass is 32.2. The van der Waals surface area contributed by atoms with Crippen LogP contribution in [0.2, 0.25) is 0 Å². The molecule has 0 radical (unpaired) electrons. The zero-order chi connectivity index (χ0) is 9.90. The van der Waals surface area contributed by atoms with Crippen LogP contribution in [0.1, 0.15) is 20.3 Å². The molecule has 1 amide bonds. The normalized spacial score (nSPS) is 17.0. The number of amides is 1. The number of hydrogen-bond acceptors (Lipinski definition) is 3. The molecule has 1 rings (SSSR count). The number of carbonyl (C=O) groups excluding carboxylic acids is 1. The van der Waals surface area contributed by atoms with Crippen molar-refractivity contribution in [2.24, 2.45) is 5.73 Å². The first-order valence-electron chi connectivity index (χ1n) is 4.63. The van der Waals surface area contributed by atoms with Crippen LogP contribution in [0.3, 0.4) is 0 Å². The fourth-order valence-corrected chi connectivity index (χ4v) is 2.04. The molecule has 1 fully saturated rings. The van der Waals surface area contributed by atoms with Crippen LogP contribution in [0.5, 0.6) is 0 Å². The van der Waals surface area contributed by atoms with Crippen molar-refractivity contribution in [3.05, 3.63) is 0 Å². The van der Waals surface area contributed by atoms with Crippen molar-refractivity contribution in [1.82, 2.24) is 4.90 Å². The summed E-state index contributed by atoms with van der Waals surface area (Å²) in [7, 11) is 0. The summed E-state index contributed by atoms with van der Waals surface area (Å²) in [6.07, 6.45) is 1.17. The Morgan fingerprint density at radius 3 is 2.54 bits per heavy atom. The molecule has 0 atom stereocenters. The Morgan fingerprint density at radius 2 is 2.15 bits per heavy atom. The van der Waals surface area contributed by atoms with Gasteiger partial charge < -0.3 is 10.6 Å². The largest absolute Gasteiger partial charge is 0.342 e. The highest BCUT2D eigenvalue weighted by Gasteiger charge is 2.20. The van der Waals surface area contributed by atoms with Crippen LogP contribution in [-0.4, -0.2) is 40.9 Å². The van der Waals surface area contributed by atoms with Crippen LogP contribution in [0.4, 0.5) is 0 Å². The van der Waals surface area contributed by atoms with E-state index >= 15 is 0 Å². The molecule has 3 nitrogen and oxygen atoms in total. The van der Waals surface area contributed by atoms with Gasteiger partial charge in [0, 0.05) is 24.4 Å². The number of rotatable bonds is 4. The molecule has 1 aliphatic rings. The van der Waals surface area contributed by atoms with E-state index in [1.807, 2.05) is 18.7 Å². The number of likely N-dealkylation sites (tertiary alicyclic amines) is 1. The number of carbonyl (C=O) groups is 1. The van der Waals surface area contributed by atoms with E-state index in [9.17, 15) is 4.79 Å². The van der Waals surface area contributed by atoms with Crippen molar-refractivity contribution >= 4 is 17.7 Å². The molecule has 0 spiro atoms. The maximum Gasteiger partial charge on any atom is 0.232 e. The molecule has 1 saturated heterocycles. The molecule has 1 aliphatic heterocycles. The summed E-state index contributed by atoms with van der Waals surface area (Å²) in [4.78, 5) is 13.3. The standard InChI is InChI=1S/C9H18N2OS/c1-9(2,10)7-13-6-8(12)11-4-3-5-11/h3-7,10H2,1-2H3. The summed E-state index contributed by atoms with van der Waals surface area (Å²) in [6.45, 7) is 5.86. The van der Waals surface area contributed by atoms with Gasteiger partial charge in [-0.05, 0) is 20.3 Å². The van der Waals surface area contributed by atoms with Crippen molar-refractivity contribution in [2.75, 3.05) is 24.6 Å². The summed E-state index contributed by atoms with van der Waals surface area (Å²) >= 11 is 1.63. The monoisotopic (exact) mass is 202 g/mol. The molecule has 13 heavy (non-hydrogen) atoms. The maximum absolute atomic E-state index is 11.4. The number of hydrogen-bond donors (Lipinski definition) is 1. The lowest BCUT2D eigenvalue weighted by atomic mass is 10.1. The summed E-state index contributed by atoms with van der Waals surface area (Å²) < 4.78 is 0. The summed E-state index contributed by atoms with van der Waals surface area (Å²) in [5.74, 6) is 1.69.